The summed E-state index contributed by atoms with van der Waals surface area (Å²) in [6, 6.07) is 8.22. The highest BCUT2D eigenvalue weighted by molar-refractivity contribution is 7.99. The van der Waals surface area contributed by atoms with E-state index in [9.17, 15) is 4.79 Å². The van der Waals surface area contributed by atoms with Crippen LogP contribution in [0.15, 0.2) is 29.4 Å². The van der Waals surface area contributed by atoms with Crippen LogP contribution in [0.1, 0.15) is 37.7 Å². The second kappa shape index (κ2) is 8.52. The Balaban J connectivity index is 1.51. The van der Waals surface area contributed by atoms with Crippen molar-refractivity contribution in [3.8, 4) is 11.4 Å². The van der Waals surface area contributed by atoms with E-state index in [0.29, 0.717) is 11.7 Å². The summed E-state index contributed by atoms with van der Waals surface area (Å²) in [6.45, 7) is 2.88. The first-order chi connectivity index (χ1) is 12.1. The van der Waals surface area contributed by atoms with E-state index in [-0.39, 0.29) is 5.91 Å². The van der Waals surface area contributed by atoms with Crippen LogP contribution in [0.2, 0.25) is 0 Å². The Morgan fingerprint density at radius 2 is 1.92 bits per heavy atom. The van der Waals surface area contributed by atoms with E-state index >= 15 is 0 Å². The predicted octanol–water partition coefficient (Wildman–Crippen LogP) is 3.58. The van der Waals surface area contributed by atoms with Crippen LogP contribution in [0.25, 0.3) is 11.4 Å². The molecule has 0 saturated heterocycles. The number of nitrogens with one attached hydrogen (secondary N) is 1. The molecule has 1 aromatic heterocycles. The number of carbonyl (C=O) groups is 1. The Morgan fingerprint density at radius 3 is 2.64 bits per heavy atom. The average Bonchev–Trinajstić information content (AvgIpc) is 3.00. The Labute approximate surface area is 153 Å². The molecular weight excluding hydrogens is 332 g/mol. The average molecular weight is 359 g/mol. The molecule has 25 heavy (non-hydrogen) atoms. The van der Waals surface area contributed by atoms with Crippen molar-refractivity contribution in [2.75, 3.05) is 12.3 Å². The molecule has 0 bridgehead atoms. The highest BCUT2D eigenvalue weighted by Crippen LogP contribution is 2.24. The molecule has 0 spiro atoms. The van der Waals surface area contributed by atoms with Gasteiger partial charge in [-0.05, 0) is 25.7 Å². The first-order valence-corrected chi connectivity index (χ1v) is 9.98. The summed E-state index contributed by atoms with van der Waals surface area (Å²) in [7, 11) is 1.94. The Kier molecular flexibility index (Phi) is 6.13. The van der Waals surface area contributed by atoms with Gasteiger partial charge < -0.3 is 9.88 Å². The van der Waals surface area contributed by atoms with Crippen molar-refractivity contribution in [1.29, 1.82) is 0 Å². The molecule has 1 saturated carbocycles. The third-order valence-corrected chi connectivity index (χ3v) is 5.81. The van der Waals surface area contributed by atoms with Crippen LogP contribution in [0.5, 0.6) is 0 Å². The topological polar surface area (TPSA) is 59.8 Å². The van der Waals surface area contributed by atoms with Gasteiger partial charge in [0.1, 0.15) is 0 Å². The van der Waals surface area contributed by atoms with Gasteiger partial charge in [0.25, 0.3) is 0 Å². The number of aryl methyl sites for hydroxylation is 1. The molecule has 0 atom stereocenters. The summed E-state index contributed by atoms with van der Waals surface area (Å²) in [6.07, 6.45) is 6.44. The lowest BCUT2D eigenvalue weighted by molar-refractivity contribution is -0.118. The molecule has 0 unspecified atom stereocenters. The third kappa shape index (κ3) is 4.84. The fourth-order valence-electron chi connectivity index (χ4n) is 3.23. The Hall–Kier alpha value is -1.82. The molecule has 1 aliphatic carbocycles. The minimum atomic E-state index is 0.0791. The summed E-state index contributed by atoms with van der Waals surface area (Å²) in [5.41, 5.74) is 2.25. The van der Waals surface area contributed by atoms with Gasteiger partial charge in [0, 0.05) is 19.2 Å². The monoisotopic (exact) mass is 358 g/mol. The van der Waals surface area contributed by atoms with Crippen LogP contribution in [-0.2, 0) is 11.8 Å². The smallest absolute Gasteiger partial charge is 0.230 e. The summed E-state index contributed by atoms with van der Waals surface area (Å²) >= 11 is 1.44. The molecule has 1 heterocycles. The molecule has 3 rings (SSSR count). The van der Waals surface area contributed by atoms with Gasteiger partial charge in [0.05, 0.1) is 5.75 Å². The summed E-state index contributed by atoms with van der Waals surface area (Å²) in [5.74, 6) is 1.94. The Morgan fingerprint density at radius 1 is 1.20 bits per heavy atom. The summed E-state index contributed by atoms with van der Waals surface area (Å²) < 4.78 is 1.95. The molecule has 2 aromatic rings. The van der Waals surface area contributed by atoms with Gasteiger partial charge in [0.2, 0.25) is 5.91 Å². The fraction of sp³-hybridized carbons (Fsp3) is 0.526. The fourth-order valence-corrected chi connectivity index (χ4v) is 3.97. The summed E-state index contributed by atoms with van der Waals surface area (Å²) in [5, 5.41) is 12.3. The zero-order valence-electron chi connectivity index (χ0n) is 15.0. The van der Waals surface area contributed by atoms with Gasteiger partial charge in [0.15, 0.2) is 11.0 Å². The van der Waals surface area contributed by atoms with E-state index in [1.165, 1.54) is 49.4 Å². The number of thioether (sulfide) groups is 1. The lowest BCUT2D eigenvalue weighted by atomic mass is 9.89. The zero-order valence-corrected chi connectivity index (χ0v) is 15.8. The second-order valence-electron chi connectivity index (χ2n) is 6.83. The minimum Gasteiger partial charge on any atom is -0.355 e. The first kappa shape index (κ1) is 18.0. The van der Waals surface area contributed by atoms with E-state index in [2.05, 4.69) is 34.6 Å². The van der Waals surface area contributed by atoms with Crippen molar-refractivity contribution in [1.82, 2.24) is 20.1 Å². The van der Waals surface area contributed by atoms with E-state index in [4.69, 9.17) is 0 Å². The maximum atomic E-state index is 12.1. The largest absolute Gasteiger partial charge is 0.355 e. The number of rotatable bonds is 6. The molecule has 134 valence electrons. The van der Waals surface area contributed by atoms with Crippen LogP contribution in [0.4, 0.5) is 0 Å². The number of hydrogen-bond donors (Lipinski definition) is 1. The third-order valence-electron chi connectivity index (χ3n) is 4.79. The van der Waals surface area contributed by atoms with Crippen molar-refractivity contribution in [2.45, 2.75) is 44.2 Å². The number of carbonyl (C=O) groups excluding carboxylic acids is 1. The standard InChI is InChI=1S/C19H26N4OS/c1-14-8-10-16(11-9-14)18-21-22-19(23(18)2)25-13-17(24)20-12-15-6-4-3-5-7-15/h8-11,15H,3-7,12-13H2,1-2H3,(H,20,24). The predicted molar refractivity (Wildman–Crippen MR) is 101 cm³/mol. The molecule has 5 nitrogen and oxygen atoms in total. The maximum absolute atomic E-state index is 12.1. The zero-order chi connectivity index (χ0) is 17.6. The van der Waals surface area contributed by atoms with Gasteiger partial charge in [-0.15, -0.1) is 10.2 Å². The van der Waals surface area contributed by atoms with E-state index in [1.807, 2.05) is 23.7 Å². The van der Waals surface area contributed by atoms with Gasteiger partial charge in [-0.2, -0.15) is 0 Å². The number of nitrogens with zero attached hydrogens (tertiary/aromatic N) is 3. The number of aromatic nitrogens is 3. The van der Waals surface area contributed by atoms with E-state index in [0.717, 1.165) is 23.1 Å². The van der Waals surface area contributed by atoms with Crippen LogP contribution < -0.4 is 5.32 Å². The molecule has 0 aliphatic heterocycles. The quantitative estimate of drug-likeness (QED) is 0.802. The van der Waals surface area contributed by atoms with Gasteiger partial charge >= 0.3 is 0 Å². The normalized spacial score (nSPS) is 15.3. The van der Waals surface area contributed by atoms with Crippen molar-refractivity contribution in [2.24, 2.45) is 13.0 Å². The maximum Gasteiger partial charge on any atom is 0.230 e. The summed E-state index contributed by atoms with van der Waals surface area (Å²) in [4.78, 5) is 12.1. The van der Waals surface area contributed by atoms with Crippen molar-refractivity contribution >= 4 is 17.7 Å². The minimum absolute atomic E-state index is 0.0791. The van der Waals surface area contributed by atoms with Gasteiger partial charge in [-0.1, -0.05) is 60.9 Å². The molecular formula is C19H26N4OS. The highest BCUT2D eigenvalue weighted by Gasteiger charge is 2.16. The highest BCUT2D eigenvalue weighted by atomic mass is 32.2. The SMILES string of the molecule is Cc1ccc(-c2nnc(SCC(=O)NCC3CCCCC3)n2C)cc1. The van der Waals surface area contributed by atoms with Crippen LogP contribution in [0, 0.1) is 12.8 Å². The second-order valence-corrected chi connectivity index (χ2v) is 7.77. The lowest BCUT2D eigenvalue weighted by Gasteiger charge is -2.21. The first-order valence-electron chi connectivity index (χ1n) is 8.99. The number of amides is 1. The van der Waals surface area contributed by atoms with E-state index in [1.54, 1.807) is 0 Å². The number of hydrogen-bond acceptors (Lipinski definition) is 4. The van der Waals surface area contributed by atoms with Gasteiger partial charge in [-0.25, -0.2) is 0 Å². The van der Waals surface area contributed by atoms with Crippen molar-refractivity contribution in [3.63, 3.8) is 0 Å². The van der Waals surface area contributed by atoms with E-state index < -0.39 is 0 Å². The molecule has 1 aliphatic rings. The molecule has 1 fully saturated rings. The lowest BCUT2D eigenvalue weighted by Crippen LogP contribution is -2.31. The van der Waals surface area contributed by atoms with Crippen molar-refractivity contribution in [3.05, 3.63) is 29.8 Å². The Bertz CT molecular complexity index is 705. The molecule has 6 heteroatoms. The molecule has 0 radical (unpaired) electrons. The number of benzene rings is 1. The van der Waals surface area contributed by atoms with Gasteiger partial charge in [-0.3, -0.25) is 4.79 Å². The molecule has 1 amide bonds. The van der Waals surface area contributed by atoms with Crippen LogP contribution in [0.3, 0.4) is 0 Å². The molecule has 1 aromatic carbocycles. The van der Waals surface area contributed by atoms with Crippen molar-refractivity contribution < 1.29 is 4.79 Å². The van der Waals surface area contributed by atoms with Crippen LogP contribution in [-0.4, -0.2) is 33.0 Å². The molecule has 1 N–H and O–H groups in total. The van der Waals surface area contributed by atoms with Crippen LogP contribution >= 0.6 is 11.8 Å².